The number of hydrogen-bond donors (Lipinski definition) is 0. The van der Waals surface area contributed by atoms with Crippen molar-refractivity contribution in [2.24, 2.45) is 16.1 Å². The van der Waals surface area contributed by atoms with Crippen LogP contribution in [0.5, 0.6) is 0 Å². The van der Waals surface area contributed by atoms with Crippen molar-refractivity contribution in [2.45, 2.75) is 52.5 Å². The normalized spacial score (nSPS) is 23.6. The fourth-order valence-corrected chi connectivity index (χ4v) is 2.48. The molecule has 0 aromatic carbocycles. The fraction of sp³-hybridized carbons (Fsp3) is 0.714. The molecular formula is C14H22N4O2. The van der Waals surface area contributed by atoms with E-state index in [0.717, 1.165) is 12.1 Å². The van der Waals surface area contributed by atoms with Crippen LogP contribution < -0.4 is 0 Å². The number of hydrogen-bond acceptors (Lipinski definition) is 4. The van der Waals surface area contributed by atoms with Gasteiger partial charge in [-0.2, -0.15) is 10.2 Å². The minimum Gasteiger partial charge on any atom is -0.273 e. The lowest BCUT2D eigenvalue weighted by atomic mass is 9.93. The van der Waals surface area contributed by atoms with Gasteiger partial charge in [0, 0.05) is 31.6 Å². The van der Waals surface area contributed by atoms with Gasteiger partial charge in [-0.05, 0) is 26.7 Å². The van der Waals surface area contributed by atoms with E-state index in [-0.39, 0.29) is 23.8 Å². The fourth-order valence-electron chi connectivity index (χ4n) is 2.48. The lowest BCUT2D eigenvalue weighted by Gasteiger charge is -2.32. The van der Waals surface area contributed by atoms with Gasteiger partial charge in [0.1, 0.15) is 0 Å². The highest BCUT2D eigenvalue weighted by Gasteiger charge is 2.34. The Morgan fingerprint density at radius 3 is 2.75 bits per heavy atom. The summed E-state index contributed by atoms with van der Waals surface area (Å²) in [6, 6.07) is 0.0408. The zero-order valence-electron chi connectivity index (χ0n) is 12.4. The molecule has 6 nitrogen and oxygen atoms in total. The summed E-state index contributed by atoms with van der Waals surface area (Å²) in [5.41, 5.74) is 0.819. The van der Waals surface area contributed by atoms with Crippen LogP contribution in [-0.4, -0.2) is 46.3 Å². The molecule has 2 rings (SSSR count). The highest BCUT2D eigenvalue weighted by molar-refractivity contribution is 6.08. The third-order valence-corrected chi connectivity index (χ3v) is 3.53. The lowest BCUT2D eigenvalue weighted by molar-refractivity contribution is -0.136. The molecular weight excluding hydrogens is 256 g/mol. The summed E-state index contributed by atoms with van der Waals surface area (Å²) in [4.78, 5) is 24.2. The number of carbonyl (C=O) groups is 2. The maximum atomic E-state index is 12.4. The van der Waals surface area contributed by atoms with Crippen LogP contribution in [0.2, 0.25) is 0 Å². The van der Waals surface area contributed by atoms with Crippen LogP contribution in [0, 0.1) is 5.92 Å². The molecule has 2 aliphatic rings. The van der Waals surface area contributed by atoms with E-state index in [1.165, 1.54) is 10.0 Å². The maximum Gasteiger partial charge on any atom is 0.252 e. The molecule has 2 heterocycles. The predicted molar refractivity (Wildman–Crippen MR) is 77.3 cm³/mol. The van der Waals surface area contributed by atoms with E-state index in [1.807, 2.05) is 20.8 Å². The smallest absolute Gasteiger partial charge is 0.252 e. The lowest BCUT2D eigenvalue weighted by Crippen LogP contribution is -2.45. The van der Waals surface area contributed by atoms with Crippen LogP contribution >= 0.6 is 0 Å². The number of amides is 2. The third-order valence-electron chi connectivity index (χ3n) is 3.53. The Morgan fingerprint density at radius 1 is 1.35 bits per heavy atom. The Kier molecular flexibility index (Phi) is 4.52. The molecule has 0 spiro atoms. The monoisotopic (exact) mass is 278 g/mol. The Balaban J connectivity index is 2.18. The standard InChI is InChI=1S/C14H22N4O2/c1-4-9-17-13(19)6-5-12(16-17)11-7-8-15-18(10(2)3)14(11)20/h8,10-11H,4-7,9H2,1-3H3. The second-order valence-electron chi connectivity index (χ2n) is 5.47. The van der Waals surface area contributed by atoms with E-state index in [1.54, 1.807) is 6.21 Å². The Bertz CT molecular complexity index is 456. The highest BCUT2D eigenvalue weighted by atomic mass is 16.2. The minimum atomic E-state index is -0.262. The highest BCUT2D eigenvalue weighted by Crippen LogP contribution is 2.22. The number of rotatable bonds is 4. The first-order valence-corrected chi connectivity index (χ1v) is 7.27. The largest absolute Gasteiger partial charge is 0.273 e. The van der Waals surface area contributed by atoms with Crippen LogP contribution in [0.15, 0.2) is 10.2 Å². The summed E-state index contributed by atoms with van der Waals surface area (Å²) in [7, 11) is 0. The molecule has 110 valence electrons. The van der Waals surface area contributed by atoms with Crippen molar-refractivity contribution in [1.29, 1.82) is 0 Å². The van der Waals surface area contributed by atoms with Crippen molar-refractivity contribution in [3.63, 3.8) is 0 Å². The van der Waals surface area contributed by atoms with E-state index in [2.05, 4.69) is 10.2 Å². The molecule has 20 heavy (non-hydrogen) atoms. The molecule has 0 saturated heterocycles. The van der Waals surface area contributed by atoms with Crippen molar-refractivity contribution in [1.82, 2.24) is 10.0 Å². The zero-order valence-corrected chi connectivity index (χ0v) is 12.4. The molecule has 0 aromatic rings. The first-order valence-electron chi connectivity index (χ1n) is 7.27. The van der Waals surface area contributed by atoms with Crippen molar-refractivity contribution in [2.75, 3.05) is 6.54 Å². The molecule has 0 fully saturated rings. The Morgan fingerprint density at radius 2 is 2.10 bits per heavy atom. The van der Waals surface area contributed by atoms with Crippen LogP contribution in [0.4, 0.5) is 0 Å². The molecule has 1 unspecified atom stereocenters. The van der Waals surface area contributed by atoms with Crippen molar-refractivity contribution in [3.05, 3.63) is 0 Å². The van der Waals surface area contributed by atoms with Gasteiger partial charge in [-0.1, -0.05) is 6.92 Å². The zero-order chi connectivity index (χ0) is 14.7. The molecule has 0 saturated carbocycles. The predicted octanol–water partition coefficient (Wildman–Crippen LogP) is 1.62. The number of hydrazone groups is 2. The van der Waals surface area contributed by atoms with E-state index in [9.17, 15) is 9.59 Å². The molecule has 0 aliphatic carbocycles. The van der Waals surface area contributed by atoms with Gasteiger partial charge < -0.3 is 0 Å². The van der Waals surface area contributed by atoms with E-state index < -0.39 is 0 Å². The molecule has 0 radical (unpaired) electrons. The molecule has 0 bridgehead atoms. The summed E-state index contributed by atoms with van der Waals surface area (Å²) in [5.74, 6) is -0.220. The van der Waals surface area contributed by atoms with Crippen molar-refractivity contribution >= 4 is 23.7 Å². The molecule has 1 atom stereocenters. The SMILES string of the molecule is CCCN1N=C(C2CC=NN(C(C)C)C2=O)CCC1=O. The van der Waals surface area contributed by atoms with Gasteiger partial charge in [-0.15, -0.1) is 0 Å². The quantitative estimate of drug-likeness (QED) is 0.784. The summed E-state index contributed by atoms with van der Waals surface area (Å²) in [5, 5.41) is 11.6. The average molecular weight is 278 g/mol. The van der Waals surface area contributed by atoms with Gasteiger partial charge in [-0.25, -0.2) is 10.0 Å². The Labute approximate surface area is 119 Å². The molecule has 6 heteroatoms. The molecule has 0 N–H and O–H groups in total. The van der Waals surface area contributed by atoms with Crippen molar-refractivity contribution < 1.29 is 9.59 Å². The van der Waals surface area contributed by atoms with Crippen LogP contribution in [0.25, 0.3) is 0 Å². The van der Waals surface area contributed by atoms with Crippen LogP contribution in [0.3, 0.4) is 0 Å². The number of carbonyl (C=O) groups excluding carboxylic acids is 2. The summed E-state index contributed by atoms with van der Waals surface area (Å²) < 4.78 is 0. The van der Waals surface area contributed by atoms with Crippen molar-refractivity contribution in [3.8, 4) is 0 Å². The Hall–Kier alpha value is -1.72. The first kappa shape index (κ1) is 14.7. The van der Waals surface area contributed by atoms with Gasteiger partial charge in [0.15, 0.2) is 0 Å². The summed E-state index contributed by atoms with van der Waals surface area (Å²) in [6.07, 6.45) is 4.24. The topological polar surface area (TPSA) is 65.3 Å². The maximum absolute atomic E-state index is 12.4. The molecule has 2 amide bonds. The molecule has 2 aliphatic heterocycles. The third kappa shape index (κ3) is 2.89. The second kappa shape index (κ2) is 6.15. The van der Waals surface area contributed by atoms with Crippen LogP contribution in [-0.2, 0) is 9.59 Å². The first-order chi connectivity index (χ1) is 9.54. The minimum absolute atomic E-state index is 0.00736. The van der Waals surface area contributed by atoms with Crippen LogP contribution in [0.1, 0.15) is 46.5 Å². The van der Waals surface area contributed by atoms with E-state index in [0.29, 0.717) is 25.8 Å². The van der Waals surface area contributed by atoms with E-state index in [4.69, 9.17) is 0 Å². The average Bonchev–Trinajstić information content (AvgIpc) is 2.41. The van der Waals surface area contributed by atoms with Gasteiger partial charge in [0.25, 0.3) is 5.91 Å². The summed E-state index contributed by atoms with van der Waals surface area (Å²) >= 11 is 0. The second-order valence-corrected chi connectivity index (χ2v) is 5.47. The summed E-state index contributed by atoms with van der Waals surface area (Å²) in [6.45, 7) is 6.50. The van der Waals surface area contributed by atoms with E-state index >= 15 is 0 Å². The molecule has 0 aromatic heterocycles. The van der Waals surface area contributed by atoms with Gasteiger partial charge >= 0.3 is 0 Å². The van der Waals surface area contributed by atoms with Gasteiger partial charge in [0.2, 0.25) is 5.91 Å². The van der Waals surface area contributed by atoms with Gasteiger partial charge in [0.05, 0.1) is 11.6 Å². The number of nitrogens with zero attached hydrogens (tertiary/aromatic N) is 4. The van der Waals surface area contributed by atoms with Gasteiger partial charge in [-0.3, -0.25) is 9.59 Å².